The zero-order chi connectivity index (χ0) is 19.5. The summed E-state index contributed by atoms with van der Waals surface area (Å²) in [5, 5.41) is 9.51. The van der Waals surface area contributed by atoms with Gasteiger partial charge in [-0.15, -0.1) is 5.10 Å². The number of methoxy groups -OCH3 is 2. The smallest absolute Gasteiger partial charge is 0.258 e. The van der Waals surface area contributed by atoms with Crippen LogP contribution in [0, 0.1) is 0 Å². The highest BCUT2D eigenvalue weighted by molar-refractivity contribution is 6.03. The topological polar surface area (TPSA) is 108 Å². The Balaban J connectivity index is 1.53. The van der Waals surface area contributed by atoms with Gasteiger partial charge in [-0.05, 0) is 30.3 Å². The number of carbonyl (C=O) groups excluding carboxylic acids is 1. The van der Waals surface area contributed by atoms with Crippen LogP contribution in [0.25, 0.3) is 11.4 Å². The lowest BCUT2D eigenvalue weighted by molar-refractivity contribution is 0.102. The van der Waals surface area contributed by atoms with Crippen molar-refractivity contribution in [1.82, 2.24) is 15.2 Å². The summed E-state index contributed by atoms with van der Waals surface area (Å²) in [5.74, 6) is 2.63. The fourth-order valence-corrected chi connectivity index (χ4v) is 2.79. The van der Waals surface area contributed by atoms with E-state index < -0.39 is 0 Å². The Labute approximate surface area is 160 Å². The second kappa shape index (κ2) is 7.47. The average molecular weight is 382 g/mol. The number of nitrogens with zero attached hydrogens (tertiary/aromatic N) is 2. The molecular formula is C19H18N4O5. The number of hydrogen-bond acceptors (Lipinski definition) is 7. The molecule has 1 aliphatic rings. The molecule has 1 amide bonds. The molecule has 1 aromatic heterocycles. The van der Waals surface area contributed by atoms with E-state index in [1.807, 2.05) is 0 Å². The van der Waals surface area contributed by atoms with Gasteiger partial charge in [-0.3, -0.25) is 15.2 Å². The van der Waals surface area contributed by atoms with Crippen molar-refractivity contribution in [3.8, 4) is 34.4 Å². The Morgan fingerprint density at radius 2 is 1.89 bits per heavy atom. The third-order valence-electron chi connectivity index (χ3n) is 4.18. The molecule has 3 aromatic rings. The fraction of sp³-hybridized carbons (Fsp3) is 0.211. The number of nitrogens with one attached hydrogen (secondary N) is 2. The highest BCUT2D eigenvalue weighted by Gasteiger charge is 2.17. The summed E-state index contributed by atoms with van der Waals surface area (Å²) in [5.41, 5.74) is 1.10. The molecule has 0 radical (unpaired) electrons. The molecule has 0 saturated heterocycles. The molecule has 0 bridgehead atoms. The highest BCUT2D eigenvalue weighted by atomic mass is 16.6. The average Bonchev–Trinajstić information content (AvgIpc) is 3.21. The summed E-state index contributed by atoms with van der Waals surface area (Å²) < 4.78 is 21.5. The number of H-pyrrole nitrogens is 1. The molecule has 0 spiro atoms. The number of hydrogen-bond donors (Lipinski definition) is 2. The summed E-state index contributed by atoms with van der Waals surface area (Å²) in [6.07, 6.45) is 0. The van der Waals surface area contributed by atoms with E-state index in [1.165, 1.54) is 0 Å². The molecule has 9 nitrogen and oxygen atoms in total. The van der Waals surface area contributed by atoms with Crippen molar-refractivity contribution in [3.05, 3.63) is 42.0 Å². The van der Waals surface area contributed by atoms with Gasteiger partial charge in [-0.2, -0.15) is 4.98 Å². The standard InChI is InChI=1S/C19H18N4O5/c1-25-12-4-5-13(15(10-12)26-2)17-20-19(23-22-17)21-18(24)11-3-6-14-16(9-11)28-8-7-27-14/h3-6,9-10H,7-8H2,1-2H3,(H2,20,21,22,23,24). The monoisotopic (exact) mass is 382 g/mol. The first-order valence-corrected chi connectivity index (χ1v) is 8.53. The van der Waals surface area contributed by atoms with E-state index in [4.69, 9.17) is 18.9 Å². The van der Waals surface area contributed by atoms with Crippen molar-refractivity contribution in [2.45, 2.75) is 0 Å². The number of carbonyl (C=O) groups is 1. The lowest BCUT2D eigenvalue weighted by atomic mass is 10.2. The zero-order valence-corrected chi connectivity index (χ0v) is 15.3. The van der Waals surface area contributed by atoms with Crippen LogP contribution in [0.2, 0.25) is 0 Å². The van der Waals surface area contributed by atoms with E-state index in [1.54, 1.807) is 50.6 Å². The second-order valence-corrected chi connectivity index (χ2v) is 5.89. The first-order valence-electron chi connectivity index (χ1n) is 8.53. The van der Waals surface area contributed by atoms with E-state index in [0.29, 0.717) is 53.2 Å². The van der Waals surface area contributed by atoms with Crippen LogP contribution in [0.3, 0.4) is 0 Å². The first kappa shape index (κ1) is 17.7. The Hall–Kier alpha value is -3.75. The van der Waals surface area contributed by atoms with Gasteiger partial charge in [0.15, 0.2) is 17.3 Å². The molecule has 0 atom stereocenters. The van der Waals surface area contributed by atoms with E-state index in [0.717, 1.165) is 0 Å². The number of aromatic nitrogens is 3. The maximum Gasteiger partial charge on any atom is 0.258 e. The second-order valence-electron chi connectivity index (χ2n) is 5.89. The molecule has 0 fully saturated rings. The van der Waals surface area contributed by atoms with Gasteiger partial charge >= 0.3 is 0 Å². The van der Waals surface area contributed by atoms with Crippen molar-refractivity contribution < 1.29 is 23.7 Å². The molecule has 1 aliphatic heterocycles. The minimum atomic E-state index is -0.357. The third-order valence-corrected chi connectivity index (χ3v) is 4.18. The SMILES string of the molecule is COc1ccc(-c2nc(NC(=O)c3ccc4c(c3)OCCO4)n[nH]2)c(OC)c1. The minimum Gasteiger partial charge on any atom is -0.497 e. The predicted molar refractivity (Wildman–Crippen MR) is 100 cm³/mol. The summed E-state index contributed by atoms with van der Waals surface area (Å²) in [4.78, 5) is 16.8. The van der Waals surface area contributed by atoms with Crippen LogP contribution in [0.5, 0.6) is 23.0 Å². The van der Waals surface area contributed by atoms with Gasteiger partial charge in [0.25, 0.3) is 5.91 Å². The highest BCUT2D eigenvalue weighted by Crippen LogP contribution is 2.32. The summed E-state index contributed by atoms with van der Waals surface area (Å²) in [6.45, 7) is 0.944. The predicted octanol–water partition coefficient (Wildman–Crippen LogP) is 2.51. The molecule has 2 heterocycles. The van der Waals surface area contributed by atoms with E-state index in [9.17, 15) is 4.79 Å². The van der Waals surface area contributed by atoms with Gasteiger partial charge in [0.2, 0.25) is 5.95 Å². The van der Waals surface area contributed by atoms with E-state index >= 15 is 0 Å². The molecule has 0 aliphatic carbocycles. The minimum absolute atomic E-state index is 0.146. The molecule has 28 heavy (non-hydrogen) atoms. The Kier molecular flexibility index (Phi) is 4.71. The number of anilines is 1. The van der Waals surface area contributed by atoms with Gasteiger partial charge in [0, 0.05) is 11.6 Å². The number of fused-ring (bicyclic) bond motifs is 1. The largest absolute Gasteiger partial charge is 0.497 e. The number of rotatable bonds is 5. The molecular weight excluding hydrogens is 364 g/mol. The van der Waals surface area contributed by atoms with E-state index in [-0.39, 0.29) is 11.9 Å². The number of ether oxygens (including phenoxy) is 4. The molecule has 2 aromatic carbocycles. The van der Waals surface area contributed by atoms with E-state index in [2.05, 4.69) is 20.5 Å². The molecule has 144 valence electrons. The van der Waals surface area contributed by atoms with Crippen molar-refractivity contribution in [2.24, 2.45) is 0 Å². The van der Waals surface area contributed by atoms with Crippen molar-refractivity contribution in [1.29, 1.82) is 0 Å². The molecule has 0 saturated carbocycles. The maximum absolute atomic E-state index is 12.5. The van der Waals surface area contributed by atoms with Crippen LogP contribution in [-0.4, -0.2) is 48.5 Å². The summed E-state index contributed by atoms with van der Waals surface area (Å²) >= 11 is 0. The molecule has 0 unspecified atom stereocenters. The Bertz CT molecular complexity index is 1020. The Morgan fingerprint density at radius 3 is 2.68 bits per heavy atom. The Morgan fingerprint density at radius 1 is 1.07 bits per heavy atom. The maximum atomic E-state index is 12.5. The summed E-state index contributed by atoms with van der Waals surface area (Å²) in [6, 6.07) is 10.3. The lowest BCUT2D eigenvalue weighted by Crippen LogP contribution is -2.17. The van der Waals surface area contributed by atoms with Crippen molar-refractivity contribution in [2.75, 3.05) is 32.8 Å². The molecule has 9 heteroatoms. The van der Waals surface area contributed by atoms with Crippen LogP contribution >= 0.6 is 0 Å². The van der Waals surface area contributed by atoms with Gasteiger partial charge in [0.05, 0.1) is 19.8 Å². The normalized spacial score (nSPS) is 12.4. The third kappa shape index (κ3) is 3.41. The van der Waals surface area contributed by atoms with Gasteiger partial charge in [-0.1, -0.05) is 0 Å². The zero-order valence-electron chi connectivity index (χ0n) is 15.3. The quantitative estimate of drug-likeness (QED) is 0.698. The van der Waals surface area contributed by atoms with Crippen LogP contribution < -0.4 is 24.3 Å². The van der Waals surface area contributed by atoms with Crippen LogP contribution in [-0.2, 0) is 0 Å². The fourth-order valence-electron chi connectivity index (χ4n) is 2.79. The number of benzene rings is 2. The summed E-state index contributed by atoms with van der Waals surface area (Å²) in [7, 11) is 3.13. The van der Waals surface area contributed by atoms with Gasteiger partial charge in [0.1, 0.15) is 24.7 Å². The number of amides is 1. The molecule has 2 N–H and O–H groups in total. The number of aromatic amines is 1. The van der Waals surface area contributed by atoms with Crippen LogP contribution in [0.4, 0.5) is 5.95 Å². The van der Waals surface area contributed by atoms with Crippen LogP contribution in [0.15, 0.2) is 36.4 Å². The lowest BCUT2D eigenvalue weighted by Gasteiger charge is -2.18. The molecule has 4 rings (SSSR count). The van der Waals surface area contributed by atoms with Crippen LogP contribution in [0.1, 0.15) is 10.4 Å². The van der Waals surface area contributed by atoms with Gasteiger partial charge in [-0.25, -0.2) is 0 Å². The first-order chi connectivity index (χ1) is 13.7. The van der Waals surface area contributed by atoms with Crippen molar-refractivity contribution >= 4 is 11.9 Å². The van der Waals surface area contributed by atoms with Crippen molar-refractivity contribution in [3.63, 3.8) is 0 Å². The van der Waals surface area contributed by atoms with Gasteiger partial charge < -0.3 is 18.9 Å².